The summed E-state index contributed by atoms with van der Waals surface area (Å²) in [6.45, 7) is 2.39. The Hall–Kier alpha value is -2.56. The molecule has 0 aliphatic rings. The lowest BCUT2D eigenvalue weighted by molar-refractivity contribution is -0.120. The summed E-state index contributed by atoms with van der Waals surface area (Å²) in [5, 5.41) is 5.36. The molecule has 2 N–H and O–H groups in total. The molecule has 1 aromatic heterocycles. The SMILES string of the molecule is Cc1ccc(C(=O)NCC(=O)NCc2ccn(C)c2)cc1. The first-order valence-corrected chi connectivity index (χ1v) is 6.77. The zero-order valence-corrected chi connectivity index (χ0v) is 12.2. The van der Waals surface area contributed by atoms with Crippen molar-refractivity contribution in [3.05, 3.63) is 59.4 Å². The van der Waals surface area contributed by atoms with Gasteiger partial charge in [-0.15, -0.1) is 0 Å². The lowest BCUT2D eigenvalue weighted by Crippen LogP contribution is -2.36. The first-order valence-electron chi connectivity index (χ1n) is 6.77. The summed E-state index contributed by atoms with van der Waals surface area (Å²) in [5.41, 5.74) is 2.67. The van der Waals surface area contributed by atoms with Crippen LogP contribution in [-0.2, 0) is 18.4 Å². The fourth-order valence-corrected chi connectivity index (χ4v) is 1.90. The van der Waals surface area contributed by atoms with E-state index in [2.05, 4.69) is 10.6 Å². The molecule has 5 heteroatoms. The molecule has 0 atom stereocenters. The molecule has 0 unspecified atom stereocenters. The summed E-state index contributed by atoms with van der Waals surface area (Å²) in [6.07, 6.45) is 3.85. The molecule has 1 heterocycles. The number of rotatable bonds is 5. The van der Waals surface area contributed by atoms with Crippen LogP contribution in [-0.4, -0.2) is 22.9 Å². The van der Waals surface area contributed by atoms with Crippen LogP contribution < -0.4 is 10.6 Å². The molecule has 1 aromatic carbocycles. The summed E-state index contributed by atoms with van der Waals surface area (Å²) >= 11 is 0. The predicted octanol–water partition coefficient (Wildman–Crippen LogP) is 1.38. The molecule has 110 valence electrons. The highest BCUT2D eigenvalue weighted by molar-refractivity contribution is 5.96. The van der Waals surface area contributed by atoms with Crippen LogP contribution in [0.2, 0.25) is 0 Å². The van der Waals surface area contributed by atoms with Crippen LogP contribution in [0.5, 0.6) is 0 Å². The zero-order valence-electron chi connectivity index (χ0n) is 12.2. The van der Waals surface area contributed by atoms with Crippen molar-refractivity contribution in [2.75, 3.05) is 6.54 Å². The van der Waals surface area contributed by atoms with Crippen molar-refractivity contribution >= 4 is 11.8 Å². The van der Waals surface area contributed by atoms with Crippen LogP contribution in [0.25, 0.3) is 0 Å². The van der Waals surface area contributed by atoms with Crippen molar-refractivity contribution in [1.29, 1.82) is 0 Å². The largest absolute Gasteiger partial charge is 0.357 e. The van der Waals surface area contributed by atoms with Crippen LogP contribution >= 0.6 is 0 Å². The number of aromatic nitrogens is 1. The predicted molar refractivity (Wildman–Crippen MR) is 80.8 cm³/mol. The van der Waals surface area contributed by atoms with Gasteiger partial charge in [-0.25, -0.2) is 0 Å². The summed E-state index contributed by atoms with van der Waals surface area (Å²) in [6, 6.07) is 9.15. The van der Waals surface area contributed by atoms with E-state index in [4.69, 9.17) is 0 Å². The van der Waals surface area contributed by atoms with E-state index in [0.717, 1.165) is 11.1 Å². The molecule has 2 aromatic rings. The number of amides is 2. The number of nitrogens with one attached hydrogen (secondary N) is 2. The Morgan fingerprint density at radius 3 is 2.43 bits per heavy atom. The molecule has 2 rings (SSSR count). The number of carbonyl (C=O) groups is 2. The average molecular weight is 285 g/mol. The van der Waals surface area contributed by atoms with E-state index >= 15 is 0 Å². The number of aryl methyl sites for hydroxylation is 2. The van der Waals surface area contributed by atoms with E-state index in [-0.39, 0.29) is 18.4 Å². The lowest BCUT2D eigenvalue weighted by Gasteiger charge is -2.06. The molecule has 0 aliphatic carbocycles. The van der Waals surface area contributed by atoms with Crippen molar-refractivity contribution < 1.29 is 9.59 Å². The van der Waals surface area contributed by atoms with Crippen molar-refractivity contribution in [1.82, 2.24) is 15.2 Å². The molecule has 2 amide bonds. The van der Waals surface area contributed by atoms with Gasteiger partial charge in [-0.3, -0.25) is 9.59 Å². The molecule has 0 bridgehead atoms. The third-order valence-corrected chi connectivity index (χ3v) is 3.11. The van der Waals surface area contributed by atoms with Crippen molar-refractivity contribution in [3.8, 4) is 0 Å². The maximum absolute atomic E-state index is 11.8. The maximum atomic E-state index is 11.8. The van der Waals surface area contributed by atoms with E-state index in [1.165, 1.54) is 0 Å². The van der Waals surface area contributed by atoms with Crippen molar-refractivity contribution in [2.45, 2.75) is 13.5 Å². The first-order chi connectivity index (χ1) is 10.0. The van der Waals surface area contributed by atoms with Crippen molar-refractivity contribution in [2.24, 2.45) is 7.05 Å². The van der Waals surface area contributed by atoms with Crippen LogP contribution in [0.4, 0.5) is 0 Å². The highest BCUT2D eigenvalue weighted by atomic mass is 16.2. The number of benzene rings is 1. The van der Waals surface area contributed by atoms with Gasteiger partial charge in [-0.2, -0.15) is 0 Å². The highest BCUT2D eigenvalue weighted by Gasteiger charge is 2.07. The van der Waals surface area contributed by atoms with Gasteiger partial charge in [0.25, 0.3) is 5.91 Å². The zero-order chi connectivity index (χ0) is 15.2. The Morgan fingerprint density at radius 2 is 1.81 bits per heavy atom. The number of hydrogen-bond donors (Lipinski definition) is 2. The van der Waals surface area contributed by atoms with Gasteiger partial charge >= 0.3 is 0 Å². The Labute approximate surface area is 124 Å². The maximum Gasteiger partial charge on any atom is 0.251 e. The van der Waals surface area contributed by atoms with Gasteiger partial charge in [0.2, 0.25) is 5.91 Å². The monoisotopic (exact) mass is 285 g/mol. The number of nitrogens with zero attached hydrogens (tertiary/aromatic N) is 1. The quantitative estimate of drug-likeness (QED) is 0.872. The second kappa shape index (κ2) is 6.74. The summed E-state index contributed by atoms with van der Waals surface area (Å²) < 4.78 is 1.92. The van der Waals surface area contributed by atoms with Gasteiger partial charge in [0.05, 0.1) is 6.54 Å². The first kappa shape index (κ1) is 14.8. The molecule has 5 nitrogen and oxygen atoms in total. The van der Waals surface area contributed by atoms with Gasteiger partial charge in [0.15, 0.2) is 0 Å². The van der Waals surface area contributed by atoms with Crippen LogP contribution in [0, 0.1) is 6.92 Å². The molecule has 0 spiro atoms. The van der Waals surface area contributed by atoms with Gasteiger partial charge in [-0.05, 0) is 30.7 Å². The smallest absolute Gasteiger partial charge is 0.251 e. The molecule has 0 saturated heterocycles. The topological polar surface area (TPSA) is 63.1 Å². The fraction of sp³-hybridized carbons (Fsp3) is 0.250. The van der Waals surface area contributed by atoms with E-state index in [1.54, 1.807) is 12.1 Å². The molecule has 0 aliphatic heterocycles. The Balaban J connectivity index is 1.75. The minimum Gasteiger partial charge on any atom is -0.357 e. The van der Waals surface area contributed by atoms with Crippen LogP contribution in [0.1, 0.15) is 21.5 Å². The number of carbonyl (C=O) groups excluding carboxylic acids is 2. The van der Waals surface area contributed by atoms with E-state index in [0.29, 0.717) is 12.1 Å². The Kier molecular flexibility index (Phi) is 4.77. The van der Waals surface area contributed by atoms with E-state index in [9.17, 15) is 9.59 Å². The fourth-order valence-electron chi connectivity index (χ4n) is 1.90. The van der Waals surface area contributed by atoms with Gasteiger partial charge < -0.3 is 15.2 Å². The third kappa shape index (κ3) is 4.49. The lowest BCUT2D eigenvalue weighted by atomic mass is 10.1. The Bertz CT molecular complexity index is 629. The van der Waals surface area contributed by atoms with Gasteiger partial charge in [-0.1, -0.05) is 17.7 Å². The van der Waals surface area contributed by atoms with Gasteiger partial charge in [0, 0.05) is 31.5 Å². The summed E-state index contributed by atoms with van der Waals surface area (Å²) in [4.78, 5) is 23.5. The highest BCUT2D eigenvalue weighted by Crippen LogP contribution is 2.02. The second-order valence-electron chi connectivity index (χ2n) is 5.01. The molecule has 0 radical (unpaired) electrons. The standard InChI is InChI=1S/C16H19N3O2/c1-12-3-5-14(6-4-12)16(21)18-10-15(20)17-9-13-7-8-19(2)11-13/h3-8,11H,9-10H2,1-2H3,(H,17,20)(H,18,21). The molecular formula is C16H19N3O2. The van der Waals surface area contributed by atoms with Gasteiger partial charge in [0.1, 0.15) is 0 Å². The van der Waals surface area contributed by atoms with E-state index in [1.807, 2.05) is 49.1 Å². The van der Waals surface area contributed by atoms with Crippen LogP contribution in [0.15, 0.2) is 42.7 Å². The second-order valence-corrected chi connectivity index (χ2v) is 5.01. The molecular weight excluding hydrogens is 266 g/mol. The average Bonchev–Trinajstić information content (AvgIpc) is 2.89. The Morgan fingerprint density at radius 1 is 1.10 bits per heavy atom. The van der Waals surface area contributed by atoms with Crippen LogP contribution in [0.3, 0.4) is 0 Å². The molecule has 0 fully saturated rings. The minimum absolute atomic E-state index is 0.0282. The van der Waals surface area contributed by atoms with E-state index < -0.39 is 0 Å². The minimum atomic E-state index is -0.245. The summed E-state index contributed by atoms with van der Waals surface area (Å²) in [5.74, 6) is -0.454. The normalized spacial score (nSPS) is 10.2. The number of hydrogen-bond acceptors (Lipinski definition) is 2. The molecule has 21 heavy (non-hydrogen) atoms. The van der Waals surface area contributed by atoms with Crippen molar-refractivity contribution in [3.63, 3.8) is 0 Å². The third-order valence-electron chi connectivity index (χ3n) is 3.11. The molecule has 0 saturated carbocycles. The summed E-state index contributed by atoms with van der Waals surface area (Å²) in [7, 11) is 1.92.